The van der Waals surface area contributed by atoms with E-state index in [4.69, 9.17) is 214 Å². The van der Waals surface area contributed by atoms with Gasteiger partial charge < -0.3 is 163 Å². The Hall–Kier alpha value is -0.425. The smallest absolute Gasteiger partial charge is 0.378 e. The van der Waals surface area contributed by atoms with Gasteiger partial charge in [0.05, 0.1) is 264 Å². The van der Waals surface area contributed by atoms with Crippen molar-refractivity contribution in [3.63, 3.8) is 0 Å². The average molecular weight is 2270 g/mol. The van der Waals surface area contributed by atoms with Crippen LogP contribution in [-0.4, -0.2) is 480 Å². The van der Waals surface area contributed by atoms with Crippen molar-refractivity contribution in [2.24, 2.45) is 0 Å². The summed E-state index contributed by atoms with van der Waals surface area (Å²) in [6, 6.07) is 1.53. The molecular weight excluding hydrogens is 2110 g/mol. The molecule has 0 saturated carbocycles. The highest BCUT2D eigenvalue weighted by molar-refractivity contribution is 8.01. The third-order valence-electron chi connectivity index (χ3n) is 18.6. The molecule has 0 radical (unpaired) electrons. The van der Waals surface area contributed by atoms with E-state index in [1.54, 1.807) is 94.1 Å². The summed E-state index contributed by atoms with van der Waals surface area (Å²) in [5.41, 5.74) is 0. The van der Waals surface area contributed by atoms with Crippen molar-refractivity contribution in [3.8, 4) is 98.8 Å². The fourth-order valence-electron chi connectivity index (χ4n) is 12.5. The summed E-state index contributed by atoms with van der Waals surface area (Å²) in [6.45, 7) is 16.5. The van der Waals surface area contributed by atoms with Gasteiger partial charge >= 0.3 is 70.4 Å². The van der Waals surface area contributed by atoms with Gasteiger partial charge in [-0.15, -0.1) is 51.4 Å². The minimum Gasteiger partial charge on any atom is -0.378 e. The van der Waals surface area contributed by atoms with Crippen LogP contribution in [0.5, 0.6) is 0 Å². The zero-order valence-corrected chi connectivity index (χ0v) is 96.0. The number of thioether (sulfide) groups is 8. The Morgan fingerprint density at radius 1 is 0.121 bits per heavy atom. The molecule has 6 heterocycles. The van der Waals surface area contributed by atoms with Crippen LogP contribution in [0.15, 0.2) is 0 Å². The Morgan fingerprint density at radius 3 is 0.300 bits per heavy atom. The average Bonchev–Trinajstić information content (AvgIpc) is 0.685. The molecule has 36 nitrogen and oxygen atoms in total. The number of hydrogen-bond donors (Lipinski definition) is 0. The maximum Gasteiger partial charge on any atom is 0.479 e. The molecule has 0 unspecified atom stereocenters. The fraction of sp³-hybridized carbons (Fsp3) is 0.818. The molecule has 0 aromatic heterocycles. The molecule has 0 aromatic carbocycles. The predicted molar refractivity (Wildman–Crippen MR) is 566 cm³/mol. The van der Waals surface area contributed by atoms with Crippen molar-refractivity contribution < 1.29 is 163 Å². The van der Waals surface area contributed by atoms with E-state index in [0.29, 0.717) is 356 Å². The Balaban J connectivity index is 1.77. The molecule has 6 saturated heterocycles. The Morgan fingerprint density at radius 2 is 0.207 bits per heavy atom. The molecule has 6 aliphatic rings. The molecule has 0 atom stereocenters. The fourth-order valence-corrected chi connectivity index (χ4v) is 74.2. The quantitative estimate of drug-likeness (QED) is 0.0333. The number of terminal acetylenes is 8. The van der Waals surface area contributed by atoms with Crippen molar-refractivity contribution in [1.82, 2.24) is 0 Å². The lowest BCUT2D eigenvalue weighted by atomic mass is 10.7. The van der Waals surface area contributed by atoms with E-state index in [2.05, 4.69) is 47.4 Å². The SMILES string of the molecule is C#CCOCCOCCOCCSCC[Si]12O[Si]3(CCSCCOCCOCCOCC#C)O[Si]4(CCSCCOCCOCCOCC#C)O[Si](CCSCCOCCOCCOCC#C)(O1)O[Si]1(CCSCCOCCOCCOCC#C)O[Si](CCSCCOCCOCCOCC#C)(O2)O[Si](CCSCCOCCOCCOCC#C)(O3)O[Si](CCSCCOCCOCCOCC#C)(O4)O1. The number of ether oxygens (including phenoxy) is 24. The molecule has 8 bridgehead atoms. The molecular formula is C88H152O36S8Si8. The van der Waals surface area contributed by atoms with Gasteiger partial charge in [0.2, 0.25) is 0 Å². The van der Waals surface area contributed by atoms with Crippen molar-refractivity contribution >= 4 is 165 Å². The molecule has 800 valence electrons. The van der Waals surface area contributed by atoms with Gasteiger partial charge in [-0.3, -0.25) is 0 Å². The van der Waals surface area contributed by atoms with Gasteiger partial charge in [0, 0.05) is 94.4 Å². The van der Waals surface area contributed by atoms with E-state index < -0.39 is 70.4 Å². The summed E-state index contributed by atoms with van der Waals surface area (Å²) in [7, 11) is -36.8. The standard InChI is InChI=1S/C88H152O36S8Si8/c1-9-17-89-25-33-97-41-49-105-57-65-125-73-81-133-113-134(82-74-126-66-58-106-50-42-98-34-26-90-18-10-2)116-137(85-77-129-69-61-109-53-45-101-37-29-93-21-13-5)118-135(114-133,83-75-127-67-59-107-51-43-99-35-27-91-19-11-3)120-139(87-79-131-71-63-111-55-47-103-39-31-95-23-15-7)121-136(115-133,84-76-128-68-60-108-52-44-100-36-28-92-20-12-4)119-138(117-134,86-78-130-70-62-110-54-46-102-38-30-94-22-14-6)123-140(122-137,124-139)88-80-132-72-64-112-56-48-104-40-32-96-24-16-8/h1-8H,17-88H2. The first-order valence-electron chi connectivity index (χ1n) is 47.3. The van der Waals surface area contributed by atoms with E-state index in [9.17, 15) is 0 Å². The second-order valence-electron chi connectivity index (χ2n) is 29.4. The van der Waals surface area contributed by atoms with Gasteiger partial charge in [-0.1, -0.05) is 47.4 Å². The summed E-state index contributed by atoms with van der Waals surface area (Å²) >= 11 is 13.3. The zero-order chi connectivity index (χ0) is 99.7. The summed E-state index contributed by atoms with van der Waals surface area (Å²) in [5.74, 6) is 28.0. The van der Waals surface area contributed by atoms with Gasteiger partial charge in [0.15, 0.2) is 0 Å². The van der Waals surface area contributed by atoms with Gasteiger partial charge in [0.1, 0.15) is 52.9 Å². The van der Waals surface area contributed by atoms with Crippen LogP contribution in [0.2, 0.25) is 48.4 Å². The summed E-state index contributed by atoms with van der Waals surface area (Å²) in [6.07, 6.45) is 43.3. The minimum atomic E-state index is -4.60. The molecule has 6 fully saturated rings. The molecule has 52 heteroatoms. The van der Waals surface area contributed by atoms with Crippen LogP contribution in [0.4, 0.5) is 0 Å². The van der Waals surface area contributed by atoms with Crippen molar-refractivity contribution in [2.75, 3.05) is 409 Å². The molecule has 0 aliphatic carbocycles. The summed E-state index contributed by atoms with van der Waals surface area (Å²) in [5, 5.41) is 0. The molecule has 6 rings (SSSR count). The third kappa shape index (κ3) is 64.4. The Labute approximate surface area is 877 Å². The second kappa shape index (κ2) is 89.1. The maximum absolute atomic E-state index is 8.42. The van der Waals surface area contributed by atoms with E-state index in [1.165, 1.54) is 0 Å². The molecule has 0 amide bonds. The molecule has 6 aliphatic heterocycles. The predicted octanol–water partition coefficient (Wildman–Crippen LogP) is 7.09. The van der Waals surface area contributed by atoms with Crippen LogP contribution in [0, 0.1) is 98.8 Å². The first-order valence-corrected chi connectivity index (χ1v) is 72.0. The molecule has 140 heavy (non-hydrogen) atoms. The number of hydrogen-bond acceptors (Lipinski definition) is 44. The lowest BCUT2D eigenvalue weighted by Crippen LogP contribution is -2.88. The van der Waals surface area contributed by atoms with Gasteiger partial charge in [-0.05, 0) is 46.0 Å². The van der Waals surface area contributed by atoms with Crippen LogP contribution in [0.1, 0.15) is 0 Å². The van der Waals surface area contributed by atoms with Crippen molar-refractivity contribution in [1.29, 1.82) is 0 Å². The first-order chi connectivity index (χ1) is 69.0. The first kappa shape index (κ1) is 130. The lowest BCUT2D eigenvalue weighted by molar-refractivity contribution is -0.0280. The molecule has 0 spiro atoms. The van der Waals surface area contributed by atoms with Crippen LogP contribution in [0.25, 0.3) is 0 Å². The van der Waals surface area contributed by atoms with E-state index >= 15 is 0 Å². The maximum atomic E-state index is 8.42. The topological polar surface area (TPSA) is 332 Å². The molecule has 0 aromatic rings. The second-order valence-corrected chi connectivity index (χ2v) is 64.0. The molecule has 0 N–H and O–H groups in total. The van der Waals surface area contributed by atoms with Gasteiger partial charge in [0.25, 0.3) is 0 Å². The summed E-state index contributed by atoms with van der Waals surface area (Å²) < 4.78 is 241. The highest BCUT2D eigenvalue weighted by Gasteiger charge is 2.83. The normalized spacial score (nSPS) is 22.2. The van der Waals surface area contributed by atoms with Crippen molar-refractivity contribution in [3.05, 3.63) is 0 Å². The highest BCUT2D eigenvalue weighted by Crippen LogP contribution is 2.55. The largest absolute Gasteiger partial charge is 0.479 e. The third-order valence-corrected chi connectivity index (χ3v) is 65.8. The van der Waals surface area contributed by atoms with Crippen LogP contribution >= 0.6 is 94.1 Å². The monoisotopic (exact) mass is 2260 g/mol. The van der Waals surface area contributed by atoms with Crippen LogP contribution in [-0.2, 0) is 163 Å². The van der Waals surface area contributed by atoms with Gasteiger partial charge in [-0.25, -0.2) is 0 Å². The lowest BCUT2D eigenvalue weighted by Gasteiger charge is -2.63. The Bertz CT molecular complexity index is 2680. The van der Waals surface area contributed by atoms with E-state index in [0.717, 1.165) is 0 Å². The van der Waals surface area contributed by atoms with Crippen molar-refractivity contribution in [2.45, 2.75) is 48.4 Å². The van der Waals surface area contributed by atoms with Crippen LogP contribution in [0.3, 0.4) is 0 Å². The number of rotatable bonds is 104. The highest BCUT2D eigenvalue weighted by atomic mass is 32.2. The Kier molecular flexibility index (Phi) is 82.7. The zero-order valence-electron chi connectivity index (χ0n) is 81.5. The summed E-state index contributed by atoms with van der Waals surface area (Å²) in [4.78, 5) is 0. The van der Waals surface area contributed by atoms with E-state index in [-0.39, 0.29) is 101 Å². The van der Waals surface area contributed by atoms with E-state index in [1.807, 2.05) is 0 Å². The van der Waals surface area contributed by atoms with Crippen LogP contribution < -0.4 is 0 Å². The van der Waals surface area contributed by atoms with Gasteiger partial charge in [-0.2, -0.15) is 94.1 Å². The minimum absolute atomic E-state index is 0.191.